The number of pyridine rings is 1. The fourth-order valence-electron chi connectivity index (χ4n) is 5.29. The van der Waals surface area contributed by atoms with Gasteiger partial charge in [-0.1, -0.05) is 17.7 Å². The quantitative estimate of drug-likeness (QED) is 0.375. The highest BCUT2D eigenvalue weighted by Crippen LogP contribution is 2.34. The van der Waals surface area contributed by atoms with E-state index >= 15 is 0 Å². The Labute approximate surface area is 227 Å². The lowest BCUT2D eigenvalue weighted by Gasteiger charge is -2.34. The predicted molar refractivity (Wildman–Crippen MR) is 147 cm³/mol. The summed E-state index contributed by atoms with van der Waals surface area (Å²) in [5.41, 5.74) is 2.58. The molecule has 1 aromatic carbocycles. The van der Waals surface area contributed by atoms with Gasteiger partial charge >= 0.3 is 0 Å². The van der Waals surface area contributed by atoms with Gasteiger partial charge in [0.2, 0.25) is 5.91 Å². The number of carbonyl (C=O) groups excluding carboxylic acids is 1. The zero-order valence-electron chi connectivity index (χ0n) is 22.1. The standard InChI is InChI=1S/C28H30N6O4S/c1-18-4-6-20(7-5-18)39(36,37)34-13-10-22-21(8-11-29-27(22)34)26-30-24(23-9-12-32(3)28(23)35)16-25(31-26)33-14-15-38-17-19(33)2/h4-8,10-11,13,16,19,23H,9,12,14-15,17H2,1-3H3. The summed E-state index contributed by atoms with van der Waals surface area (Å²) in [7, 11) is -2.06. The van der Waals surface area contributed by atoms with Crippen LogP contribution >= 0.6 is 0 Å². The van der Waals surface area contributed by atoms with Crippen LogP contribution in [0.1, 0.15) is 30.5 Å². The molecule has 2 aliphatic heterocycles. The first-order valence-corrected chi connectivity index (χ1v) is 14.4. The molecule has 1 amide bonds. The molecule has 2 fully saturated rings. The Bertz CT molecular complexity index is 1670. The van der Waals surface area contributed by atoms with Gasteiger partial charge in [0.25, 0.3) is 10.0 Å². The van der Waals surface area contributed by atoms with Crippen molar-refractivity contribution >= 4 is 32.8 Å². The fraction of sp³-hybridized carbons (Fsp3) is 0.357. The molecule has 39 heavy (non-hydrogen) atoms. The molecule has 2 saturated heterocycles. The van der Waals surface area contributed by atoms with Crippen molar-refractivity contribution in [1.29, 1.82) is 0 Å². The number of ether oxygens (including phenoxy) is 1. The molecule has 0 N–H and O–H groups in total. The maximum absolute atomic E-state index is 13.5. The number of nitrogens with zero attached hydrogens (tertiary/aromatic N) is 6. The molecule has 5 heterocycles. The van der Waals surface area contributed by atoms with E-state index in [1.54, 1.807) is 54.5 Å². The molecule has 4 aromatic rings. The van der Waals surface area contributed by atoms with E-state index in [0.717, 1.165) is 11.4 Å². The molecule has 2 unspecified atom stereocenters. The summed E-state index contributed by atoms with van der Waals surface area (Å²) in [6.07, 6.45) is 3.77. The van der Waals surface area contributed by atoms with Gasteiger partial charge in [-0.2, -0.15) is 0 Å². The first kappa shape index (κ1) is 25.4. The van der Waals surface area contributed by atoms with E-state index in [4.69, 9.17) is 14.7 Å². The topological polar surface area (TPSA) is 111 Å². The number of aromatic nitrogens is 4. The van der Waals surface area contributed by atoms with Crippen molar-refractivity contribution in [2.75, 3.05) is 38.3 Å². The van der Waals surface area contributed by atoms with Gasteiger partial charge in [0.1, 0.15) is 5.82 Å². The number of benzene rings is 1. The van der Waals surface area contributed by atoms with E-state index in [-0.39, 0.29) is 22.8 Å². The third kappa shape index (κ3) is 4.45. The van der Waals surface area contributed by atoms with Crippen LogP contribution in [0.5, 0.6) is 0 Å². The van der Waals surface area contributed by atoms with Crippen LogP contribution < -0.4 is 4.90 Å². The summed E-state index contributed by atoms with van der Waals surface area (Å²) >= 11 is 0. The molecule has 11 heteroatoms. The maximum atomic E-state index is 13.5. The SMILES string of the molecule is Cc1ccc(S(=O)(=O)n2ccc3c(-c4nc(C5CCN(C)C5=O)cc(N5CCOCC5C)n4)ccnc32)cc1. The third-order valence-electron chi connectivity index (χ3n) is 7.55. The van der Waals surface area contributed by atoms with Gasteiger partial charge in [0.05, 0.1) is 35.8 Å². The van der Waals surface area contributed by atoms with E-state index in [1.165, 1.54) is 10.2 Å². The Morgan fingerprint density at radius 3 is 2.56 bits per heavy atom. The number of aryl methyl sites for hydroxylation is 1. The third-order valence-corrected chi connectivity index (χ3v) is 9.23. The average Bonchev–Trinajstić information content (AvgIpc) is 3.52. The van der Waals surface area contributed by atoms with Crippen LogP contribution in [0.4, 0.5) is 5.82 Å². The largest absolute Gasteiger partial charge is 0.377 e. The summed E-state index contributed by atoms with van der Waals surface area (Å²) < 4.78 is 33.8. The average molecular weight is 547 g/mol. The molecule has 0 spiro atoms. The van der Waals surface area contributed by atoms with E-state index in [0.29, 0.717) is 60.8 Å². The Morgan fingerprint density at radius 1 is 1.05 bits per heavy atom. The number of likely N-dealkylation sites (N-methyl/N-ethyl adjacent to an activating group) is 1. The highest BCUT2D eigenvalue weighted by molar-refractivity contribution is 7.90. The lowest BCUT2D eigenvalue weighted by atomic mass is 10.0. The van der Waals surface area contributed by atoms with Crippen molar-refractivity contribution < 1.29 is 17.9 Å². The zero-order valence-corrected chi connectivity index (χ0v) is 22.9. The number of fused-ring (bicyclic) bond motifs is 1. The normalized spacial score (nSPS) is 20.2. The number of amides is 1. The summed E-state index contributed by atoms with van der Waals surface area (Å²) in [5, 5.41) is 0.612. The van der Waals surface area contributed by atoms with Crippen LogP contribution in [0.15, 0.2) is 59.8 Å². The van der Waals surface area contributed by atoms with Crippen molar-refractivity contribution in [2.45, 2.75) is 37.1 Å². The maximum Gasteiger partial charge on any atom is 0.269 e. The Balaban J connectivity index is 1.49. The van der Waals surface area contributed by atoms with Gasteiger partial charge in [0.15, 0.2) is 11.5 Å². The molecule has 10 nitrogen and oxygen atoms in total. The summed E-state index contributed by atoms with van der Waals surface area (Å²) in [5.74, 6) is 0.845. The molecule has 2 atom stereocenters. The molecule has 2 aliphatic rings. The lowest BCUT2D eigenvalue weighted by molar-refractivity contribution is -0.127. The van der Waals surface area contributed by atoms with E-state index in [9.17, 15) is 13.2 Å². The molecule has 0 aliphatic carbocycles. The first-order valence-electron chi connectivity index (χ1n) is 13.0. The fourth-order valence-corrected chi connectivity index (χ4v) is 6.59. The minimum absolute atomic E-state index is 0.0378. The van der Waals surface area contributed by atoms with Crippen molar-refractivity contribution in [1.82, 2.24) is 23.8 Å². The van der Waals surface area contributed by atoms with Gasteiger partial charge in [-0.05, 0) is 44.5 Å². The second kappa shape index (κ2) is 9.73. The van der Waals surface area contributed by atoms with Crippen LogP contribution in [0.2, 0.25) is 0 Å². The summed E-state index contributed by atoms with van der Waals surface area (Å²) in [4.78, 5) is 31.3. The molecule has 3 aromatic heterocycles. The second-order valence-electron chi connectivity index (χ2n) is 10.2. The lowest BCUT2D eigenvalue weighted by Crippen LogP contribution is -2.44. The van der Waals surface area contributed by atoms with Crippen LogP contribution in [0.3, 0.4) is 0 Å². The highest BCUT2D eigenvalue weighted by Gasteiger charge is 2.33. The summed E-state index contributed by atoms with van der Waals surface area (Å²) in [6.45, 7) is 6.50. The Kier molecular flexibility index (Phi) is 6.35. The number of anilines is 1. The highest BCUT2D eigenvalue weighted by atomic mass is 32.2. The van der Waals surface area contributed by atoms with Gasteiger partial charge < -0.3 is 14.5 Å². The van der Waals surface area contributed by atoms with Crippen LogP contribution in [-0.2, 0) is 19.6 Å². The Morgan fingerprint density at radius 2 is 1.85 bits per heavy atom. The van der Waals surface area contributed by atoms with E-state index in [2.05, 4.69) is 16.8 Å². The van der Waals surface area contributed by atoms with Crippen molar-refractivity contribution in [2.24, 2.45) is 0 Å². The van der Waals surface area contributed by atoms with Crippen LogP contribution in [-0.4, -0.2) is 77.5 Å². The smallest absolute Gasteiger partial charge is 0.269 e. The molecule has 0 radical (unpaired) electrons. The first-order chi connectivity index (χ1) is 18.7. The number of rotatable bonds is 5. The van der Waals surface area contributed by atoms with Gasteiger partial charge in [0, 0.05) is 49.5 Å². The summed E-state index contributed by atoms with van der Waals surface area (Å²) in [6, 6.07) is 12.3. The van der Waals surface area contributed by atoms with Crippen molar-refractivity contribution in [3.8, 4) is 11.4 Å². The minimum Gasteiger partial charge on any atom is -0.377 e. The number of likely N-dealkylation sites (tertiary alicyclic amines) is 1. The van der Waals surface area contributed by atoms with Crippen LogP contribution in [0.25, 0.3) is 22.4 Å². The molecule has 0 bridgehead atoms. The Hall–Kier alpha value is -3.83. The minimum atomic E-state index is -3.86. The molecular formula is C28H30N6O4S. The van der Waals surface area contributed by atoms with Gasteiger partial charge in [-0.3, -0.25) is 4.79 Å². The number of hydrogen-bond acceptors (Lipinski definition) is 8. The predicted octanol–water partition coefficient (Wildman–Crippen LogP) is 3.21. The number of hydrogen-bond donors (Lipinski definition) is 0. The zero-order chi connectivity index (χ0) is 27.3. The molecular weight excluding hydrogens is 516 g/mol. The van der Waals surface area contributed by atoms with Gasteiger partial charge in [-0.15, -0.1) is 0 Å². The molecule has 0 saturated carbocycles. The number of morpholine rings is 1. The van der Waals surface area contributed by atoms with Crippen LogP contribution in [0, 0.1) is 6.92 Å². The number of carbonyl (C=O) groups is 1. The van der Waals surface area contributed by atoms with E-state index in [1.807, 2.05) is 13.0 Å². The van der Waals surface area contributed by atoms with Crippen molar-refractivity contribution in [3.63, 3.8) is 0 Å². The van der Waals surface area contributed by atoms with Crippen molar-refractivity contribution in [3.05, 3.63) is 66.1 Å². The second-order valence-corrected chi connectivity index (χ2v) is 12.0. The monoisotopic (exact) mass is 546 g/mol. The van der Waals surface area contributed by atoms with Gasteiger partial charge in [-0.25, -0.2) is 27.3 Å². The molecule has 202 valence electrons. The molecule has 6 rings (SSSR count). The van der Waals surface area contributed by atoms with E-state index < -0.39 is 10.0 Å².